The highest BCUT2D eigenvalue weighted by Crippen LogP contribution is 2.34. The molecule has 0 bridgehead atoms. The molecule has 1 aliphatic rings. The fraction of sp³-hybridized carbons (Fsp3) is 0.381. The van der Waals surface area contributed by atoms with Crippen LogP contribution in [0.1, 0.15) is 43.7 Å². The van der Waals surface area contributed by atoms with Crippen molar-refractivity contribution in [3.63, 3.8) is 0 Å². The molecule has 2 aromatic rings. The Morgan fingerprint density at radius 2 is 1.56 bits per heavy atom. The van der Waals surface area contributed by atoms with Crippen molar-refractivity contribution in [3.8, 4) is 0 Å². The second-order valence-corrected chi connectivity index (χ2v) is 6.80. The molecule has 1 fully saturated rings. The van der Waals surface area contributed by atoms with Gasteiger partial charge in [0.15, 0.2) is 0 Å². The summed E-state index contributed by atoms with van der Waals surface area (Å²) >= 11 is 0. The first kappa shape index (κ1) is 19.3. The van der Waals surface area contributed by atoms with E-state index in [-0.39, 0.29) is 5.69 Å². The van der Waals surface area contributed by atoms with Gasteiger partial charge in [0.2, 0.25) is 0 Å². The zero-order chi connectivity index (χ0) is 19.3. The number of halogens is 3. The van der Waals surface area contributed by atoms with Crippen LogP contribution in [0.3, 0.4) is 0 Å². The molecule has 2 aromatic carbocycles. The Kier molecular flexibility index (Phi) is 6.04. The molecule has 0 amide bonds. The summed E-state index contributed by atoms with van der Waals surface area (Å²) in [5.74, 6) is 0. The molecule has 3 rings (SSSR count). The number of para-hydroxylation sites is 1. The van der Waals surface area contributed by atoms with Crippen molar-refractivity contribution in [2.75, 3.05) is 23.4 Å². The zero-order valence-corrected chi connectivity index (χ0v) is 15.4. The normalized spacial score (nSPS) is 16.1. The summed E-state index contributed by atoms with van der Waals surface area (Å²) in [6.45, 7) is 3.93. The van der Waals surface area contributed by atoms with Crippen LogP contribution >= 0.6 is 0 Å². The highest BCUT2D eigenvalue weighted by Gasteiger charge is 2.33. The third kappa shape index (κ3) is 5.02. The summed E-state index contributed by atoms with van der Waals surface area (Å²) in [5.41, 5.74) is 4.49. The first-order valence-electron chi connectivity index (χ1n) is 9.27. The lowest BCUT2D eigenvalue weighted by Gasteiger charge is -2.22. The summed E-state index contributed by atoms with van der Waals surface area (Å²) in [6, 6.07) is 13.4. The van der Waals surface area contributed by atoms with Gasteiger partial charge >= 0.3 is 6.18 Å². The molecule has 144 valence electrons. The number of rotatable bonds is 4. The maximum Gasteiger partial charge on any atom is 0.418 e. The minimum Gasteiger partial charge on any atom is -0.372 e. The molecule has 1 heterocycles. The third-order valence-corrected chi connectivity index (χ3v) is 4.83. The molecule has 1 aliphatic heterocycles. The van der Waals surface area contributed by atoms with Gasteiger partial charge < -0.3 is 4.90 Å². The molecule has 27 heavy (non-hydrogen) atoms. The molecule has 3 nitrogen and oxygen atoms in total. The average Bonchev–Trinajstić information content (AvgIpc) is 2.95. The van der Waals surface area contributed by atoms with Gasteiger partial charge in [-0.15, -0.1) is 0 Å². The van der Waals surface area contributed by atoms with Crippen molar-refractivity contribution in [2.24, 2.45) is 5.10 Å². The van der Waals surface area contributed by atoms with E-state index in [0.717, 1.165) is 24.7 Å². The summed E-state index contributed by atoms with van der Waals surface area (Å²) in [6.07, 6.45) is 0.578. The van der Waals surface area contributed by atoms with Gasteiger partial charge in [0.1, 0.15) is 0 Å². The molecule has 0 spiro atoms. The van der Waals surface area contributed by atoms with Gasteiger partial charge in [0.05, 0.1) is 17.0 Å². The molecule has 0 unspecified atom stereocenters. The molecule has 0 radical (unpaired) electrons. The Morgan fingerprint density at radius 1 is 0.926 bits per heavy atom. The highest BCUT2D eigenvalue weighted by molar-refractivity contribution is 5.99. The number of benzene rings is 2. The Hall–Kier alpha value is -2.50. The van der Waals surface area contributed by atoms with Gasteiger partial charge in [0.25, 0.3) is 0 Å². The number of nitrogens with one attached hydrogen (secondary N) is 1. The van der Waals surface area contributed by atoms with Crippen LogP contribution in [0.15, 0.2) is 53.6 Å². The molecule has 0 aromatic heterocycles. The van der Waals surface area contributed by atoms with Gasteiger partial charge in [0, 0.05) is 18.8 Å². The van der Waals surface area contributed by atoms with E-state index in [1.165, 1.54) is 43.5 Å². The summed E-state index contributed by atoms with van der Waals surface area (Å²) < 4.78 is 39.2. The number of hydrazone groups is 1. The predicted octanol–water partition coefficient (Wildman–Crippen LogP) is 5.92. The van der Waals surface area contributed by atoms with Gasteiger partial charge in [-0.1, -0.05) is 37.1 Å². The Balaban J connectivity index is 1.72. The lowest BCUT2D eigenvalue weighted by molar-refractivity contribution is -0.136. The van der Waals surface area contributed by atoms with Gasteiger partial charge in [-0.25, -0.2) is 0 Å². The monoisotopic (exact) mass is 375 g/mol. The Bertz CT molecular complexity index is 774. The number of anilines is 2. The number of hydrogen-bond acceptors (Lipinski definition) is 3. The van der Waals surface area contributed by atoms with E-state index in [9.17, 15) is 13.2 Å². The lowest BCUT2D eigenvalue weighted by atomic mass is 10.1. The summed E-state index contributed by atoms with van der Waals surface area (Å²) in [4.78, 5) is 2.39. The van der Waals surface area contributed by atoms with Gasteiger partial charge in [-0.05, 0) is 49.6 Å². The lowest BCUT2D eigenvalue weighted by Crippen LogP contribution is -2.23. The van der Waals surface area contributed by atoms with Crippen molar-refractivity contribution in [1.82, 2.24) is 0 Å². The fourth-order valence-corrected chi connectivity index (χ4v) is 3.28. The maximum atomic E-state index is 13.1. The van der Waals surface area contributed by atoms with Crippen LogP contribution in [0.5, 0.6) is 0 Å². The van der Waals surface area contributed by atoms with Gasteiger partial charge in [-0.3, -0.25) is 5.43 Å². The number of hydrogen-bond donors (Lipinski definition) is 1. The smallest absolute Gasteiger partial charge is 0.372 e. The van der Waals surface area contributed by atoms with Crippen molar-refractivity contribution >= 4 is 17.1 Å². The molecular formula is C21H24F3N3. The van der Waals surface area contributed by atoms with Crippen molar-refractivity contribution < 1.29 is 13.2 Å². The van der Waals surface area contributed by atoms with Crippen molar-refractivity contribution in [1.29, 1.82) is 0 Å². The maximum absolute atomic E-state index is 13.1. The molecule has 0 saturated carbocycles. The Labute approximate surface area is 157 Å². The van der Waals surface area contributed by atoms with Crippen LogP contribution in [-0.4, -0.2) is 18.8 Å². The van der Waals surface area contributed by atoms with E-state index in [4.69, 9.17) is 0 Å². The van der Waals surface area contributed by atoms with E-state index in [0.29, 0.717) is 5.71 Å². The Morgan fingerprint density at radius 3 is 2.19 bits per heavy atom. The average molecular weight is 375 g/mol. The zero-order valence-electron chi connectivity index (χ0n) is 15.4. The van der Waals surface area contributed by atoms with Gasteiger partial charge in [-0.2, -0.15) is 18.3 Å². The van der Waals surface area contributed by atoms with E-state index in [1.54, 1.807) is 13.0 Å². The van der Waals surface area contributed by atoms with E-state index in [2.05, 4.69) is 27.6 Å². The minimum atomic E-state index is -4.41. The van der Waals surface area contributed by atoms with Crippen LogP contribution in [0, 0.1) is 0 Å². The topological polar surface area (TPSA) is 27.6 Å². The van der Waals surface area contributed by atoms with E-state index >= 15 is 0 Å². The number of nitrogens with zero attached hydrogens (tertiary/aromatic N) is 2. The fourth-order valence-electron chi connectivity index (χ4n) is 3.28. The first-order chi connectivity index (χ1) is 12.9. The van der Waals surface area contributed by atoms with E-state index < -0.39 is 11.7 Å². The van der Waals surface area contributed by atoms with Crippen LogP contribution in [-0.2, 0) is 6.18 Å². The van der Waals surface area contributed by atoms with Crippen LogP contribution in [0.4, 0.5) is 24.5 Å². The van der Waals surface area contributed by atoms with Crippen LogP contribution in [0.2, 0.25) is 0 Å². The van der Waals surface area contributed by atoms with Crippen molar-refractivity contribution in [2.45, 2.75) is 38.8 Å². The number of alkyl halides is 3. The molecule has 0 atom stereocenters. The second-order valence-electron chi connectivity index (χ2n) is 6.80. The molecule has 0 aliphatic carbocycles. The summed E-state index contributed by atoms with van der Waals surface area (Å²) in [5, 5.41) is 4.15. The van der Waals surface area contributed by atoms with Crippen LogP contribution in [0.25, 0.3) is 0 Å². The quantitative estimate of drug-likeness (QED) is 0.530. The SMILES string of the molecule is C/C(=N\Nc1ccccc1C(F)(F)F)c1ccc(N2CCCCCC2)cc1. The minimum absolute atomic E-state index is 0.0504. The van der Waals surface area contributed by atoms with Crippen LogP contribution < -0.4 is 10.3 Å². The largest absolute Gasteiger partial charge is 0.418 e. The molecule has 6 heteroatoms. The molecule has 1 saturated heterocycles. The second kappa shape index (κ2) is 8.46. The standard InChI is InChI=1S/C21H24F3N3/c1-16(25-26-20-9-5-4-8-19(20)21(22,23)24)17-10-12-18(13-11-17)27-14-6-2-3-7-15-27/h4-5,8-13,26H,2-3,6-7,14-15H2,1H3/b25-16+. The third-order valence-electron chi connectivity index (χ3n) is 4.83. The molecule has 1 N–H and O–H groups in total. The predicted molar refractivity (Wildman–Crippen MR) is 104 cm³/mol. The summed E-state index contributed by atoms with van der Waals surface area (Å²) in [7, 11) is 0. The molecular weight excluding hydrogens is 351 g/mol. The first-order valence-corrected chi connectivity index (χ1v) is 9.27. The van der Waals surface area contributed by atoms with E-state index in [1.807, 2.05) is 12.1 Å². The van der Waals surface area contributed by atoms with Crippen molar-refractivity contribution in [3.05, 3.63) is 59.7 Å². The highest BCUT2D eigenvalue weighted by atomic mass is 19.4.